The summed E-state index contributed by atoms with van der Waals surface area (Å²) in [6, 6.07) is 15.0. The average Bonchev–Trinajstić information content (AvgIpc) is 3.38. The van der Waals surface area contributed by atoms with Gasteiger partial charge in [0.15, 0.2) is 0 Å². The van der Waals surface area contributed by atoms with Crippen LogP contribution in [0.15, 0.2) is 97.5 Å². The molecule has 0 spiro atoms. The molecule has 0 saturated carbocycles. The molecule has 0 aliphatic rings. The second-order valence-corrected chi connectivity index (χ2v) is 7.99. The van der Waals surface area contributed by atoms with Crippen LogP contribution in [0, 0.1) is 18.3 Å². The summed E-state index contributed by atoms with van der Waals surface area (Å²) < 4.78 is 7.89. The van der Waals surface area contributed by atoms with Crippen LogP contribution in [0.1, 0.15) is 28.4 Å². The fourth-order valence-corrected chi connectivity index (χ4v) is 3.77. The van der Waals surface area contributed by atoms with Crippen LogP contribution < -0.4 is 10.1 Å². The fourth-order valence-electron chi connectivity index (χ4n) is 3.77. The molecule has 0 atom stereocenters. The molecule has 0 bridgehead atoms. The molecule has 4 aromatic rings. The van der Waals surface area contributed by atoms with Crippen LogP contribution >= 0.6 is 0 Å². The molecule has 0 unspecified atom stereocenters. The maximum absolute atomic E-state index is 12.9. The minimum Gasteiger partial charge on any atom is -0.456 e. The number of fused-ring (bicyclic) bond motifs is 1. The SMILES string of the molecule is C=C/C=C(\C=C/C)CNC(=O)c1cccc(Oc2ccnc3cc(-n4cc(C#N)cn4)ccc23)c1C. The van der Waals surface area contributed by atoms with E-state index < -0.39 is 0 Å². The van der Waals surface area contributed by atoms with Gasteiger partial charge in [0.2, 0.25) is 0 Å². The first-order chi connectivity index (χ1) is 17.5. The predicted octanol–water partition coefficient (Wildman–Crippen LogP) is 5.81. The van der Waals surface area contributed by atoms with Crippen LogP contribution in [-0.2, 0) is 0 Å². The Morgan fingerprint density at radius 1 is 1.25 bits per heavy atom. The number of amides is 1. The third-order valence-electron chi connectivity index (χ3n) is 5.58. The zero-order chi connectivity index (χ0) is 25.5. The number of nitriles is 1. The van der Waals surface area contributed by atoms with E-state index in [4.69, 9.17) is 10.00 Å². The molecule has 0 radical (unpaired) electrons. The number of hydrogen-bond donors (Lipinski definition) is 1. The van der Waals surface area contributed by atoms with Crippen molar-refractivity contribution in [1.29, 1.82) is 5.26 Å². The normalized spacial score (nSPS) is 11.4. The number of aromatic nitrogens is 3. The van der Waals surface area contributed by atoms with Gasteiger partial charge in [-0.05, 0) is 55.8 Å². The van der Waals surface area contributed by atoms with Crippen LogP contribution in [0.2, 0.25) is 0 Å². The molecule has 1 N–H and O–H groups in total. The van der Waals surface area contributed by atoms with Crippen LogP contribution in [0.4, 0.5) is 0 Å². The summed E-state index contributed by atoms with van der Waals surface area (Å²) in [5.74, 6) is 1.02. The van der Waals surface area contributed by atoms with Crippen molar-refractivity contribution in [3.8, 4) is 23.3 Å². The van der Waals surface area contributed by atoms with Gasteiger partial charge in [-0.3, -0.25) is 9.78 Å². The maximum atomic E-state index is 12.9. The van der Waals surface area contributed by atoms with Crippen molar-refractivity contribution < 1.29 is 9.53 Å². The number of nitrogens with zero attached hydrogens (tertiary/aromatic N) is 4. The topological polar surface area (TPSA) is 92.8 Å². The molecular formula is C29H25N5O2. The van der Waals surface area contributed by atoms with Crippen molar-refractivity contribution in [2.45, 2.75) is 13.8 Å². The molecule has 0 aliphatic carbocycles. The van der Waals surface area contributed by atoms with Gasteiger partial charge in [-0.2, -0.15) is 10.4 Å². The molecule has 4 rings (SSSR count). The smallest absolute Gasteiger partial charge is 0.251 e. The highest BCUT2D eigenvalue weighted by Crippen LogP contribution is 2.32. The van der Waals surface area contributed by atoms with Crippen molar-refractivity contribution >= 4 is 16.8 Å². The van der Waals surface area contributed by atoms with Gasteiger partial charge < -0.3 is 10.1 Å². The van der Waals surface area contributed by atoms with Crippen molar-refractivity contribution in [2.75, 3.05) is 6.54 Å². The number of pyridine rings is 1. The third kappa shape index (κ3) is 5.24. The molecule has 0 aliphatic heterocycles. The molecule has 7 nitrogen and oxygen atoms in total. The van der Waals surface area contributed by atoms with E-state index in [-0.39, 0.29) is 5.91 Å². The second kappa shape index (κ2) is 11.0. The third-order valence-corrected chi connectivity index (χ3v) is 5.58. The number of carbonyl (C=O) groups excluding carboxylic acids is 1. The average molecular weight is 476 g/mol. The summed E-state index contributed by atoms with van der Waals surface area (Å²) in [6.45, 7) is 7.90. The first kappa shape index (κ1) is 24.2. The minimum absolute atomic E-state index is 0.183. The zero-order valence-corrected chi connectivity index (χ0v) is 20.1. The summed E-state index contributed by atoms with van der Waals surface area (Å²) in [6.07, 6.45) is 12.3. The standard InChI is InChI=1S/C29H25N5O2/c1-4-7-21(8-5-2)17-32-29(35)24-9-6-10-27(20(24)3)36-28-13-14-31-26-15-23(11-12-25(26)28)34-19-22(16-30)18-33-34/h4-15,18-19H,1,17H2,2-3H3,(H,32,35)/b8-5-,21-7+. The number of rotatable bonds is 8. The highest BCUT2D eigenvalue weighted by atomic mass is 16.5. The van der Waals surface area contributed by atoms with Crippen molar-refractivity contribution in [1.82, 2.24) is 20.1 Å². The van der Waals surface area contributed by atoms with E-state index >= 15 is 0 Å². The quantitative estimate of drug-likeness (QED) is 0.325. The van der Waals surface area contributed by atoms with Gasteiger partial charge in [0.1, 0.15) is 17.6 Å². The van der Waals surface area contributed by atoms with Crippen molar-refractivity contribution in [3.63, 3.8) is 0 Å². The van der Waals surface area contributed by atoms with Gasteiger partial charge in [-0.1, -0.05) is 36.9 Å². The van der Waals surface area contributed by atoms with E-state index in [9.17, 15) is 4.79 Å². The summed E-state index contributed by atoms with van der Waals surface area (Å²) in [5, 5.41) is 17.0. The van der Waals surface area contributed by atoms with E-state index in [0.29, 0.717) is 29.2 Å². The maximum Gasteiger partial charge on any atom is 0.251 e. The number of hydrogen-bond acceptors (Lipinski definition) is 5. The van der Waals surface area contributed by atoms with Crippen LogP contribution in [0.3, 0.4) is 0 Å². The van der Waals surface area contributed by atoms with E-state index in [1.165, 1.54) is 6.20 Å². The summed E-state index contributed by atoms with van der Waals surface area (Å²) in [5.41, 5.74) is 4.21. The van der Waals surface area contributed by atoms with Crippen LogP contribution in [0.25, 0.3) is 16.6 Å². The van der Waals surface area contributed by atoms with Crippen LogP contribution in [0.5, 0.6) is 11.5 Å². The largest absolute Gasteiger partial charge is 0.456 e. The number of allylic oxidation sites excluding steroid dienone is 3. The van der Waals surface area contributed by atoms with E-state index in [0.717, 1.165) is 27.7 Å². The van der Waals surface area contributed by atoms with Gasteiger partial charge >= 0.3 is 0 Å². The van der Waals surface area contributed by atoms with E-state index in [1.807, 2.05) is 56.3 Å². The molecular weight excluding hydrogens is 450 g/mol. The molecule has 7 heteroatoms. The Morgan fingerprint density at radius 2 is 2.11 bits per heavy atom. The lowest BCUT2D eigenvalue weighted by molar-refractivity contribution is 0.0956. The lowest BCUT2D eigenvalue weighted by Gasteiger charge is -2.14. The Labute approximate surface area is 209 Å². The minimum atomic E-state index is -0.183. The molecule has 2 heterocycles. The Bertz CT molecular complexity index is 1540. The van der Waals surface area contributed by atoms with Gasteiger partial charge in [-0.25, -0.2) is 4.68 Å². The lowest BCUT2D eigenvalue weighted by atomic mass is 10.1. The predicted molar refractivity (Wildman–Crippen MR) is 140 cm³/mol. The van der Waals surface area contributed by atoms with Gasteiger partial charge in [-0.15, -0.1) is 0 Å². The first-order valence-electron chi connectivity index (χ1n) is 11.4. The second-order valence-electron chi connectivity index (χ2n) is 7.99. The van der Waals surface area contributed by atoms with Crippen LogP contribution in [-0.4, -0.2) is 27.2 Å². The van der Waals surface area contributed by atoms with Gasteiger partial charge in [0.25, 0.3) is 5.91 Å². The Kier molecular flexibility index (Phi) is 7.37. The Hall–Kier alpha value is -4.96. The van der Waals surface area contributed by atoms with Crippen molar-refractivity contribution in [2.24, 2.45) is 0 Å². The number of carbonyl (C=O) groups is 1. The lowest BCUT2D eigenvalue weighted by Crippen LogP contribution is -2.26. The highest BCUT2D eigenvalue weighted by molar-refractivity contribution is 5.96. The Morgan fingerprint density at radius 3 is 2.86 bits per heavy atom. The van der Waals surface area contributed by atoms with Gasteiger partial charge in [0.05, 0.1) is 23.0 Å². The Balaban J connectivity index is 1.58. The molecule has 1 amide bonds. The molecule has 0 saturated heterocycles. The van der Waals surface area contributed by atoms with Gasteiger partial charge in [0, 0.05) is 35.5 Å². The number of nitrogens with one attached hydrogen (secondary N) is 1. The summed E-state index contributed by atoms with van der Waals surface area (Å²) in [7, 11) is 0. The monoisotopic (exact) mass is 475 g/mol. The number of benzene rings is 2. The fraction of sp³-hybridized carbons (Fsp3) is 0.103. The molecule has 178 valence electrons. The molecule has 36 heavy (non-hydrogen) atoms. The molecule has 0 fully saturated rings. The summed E-state index contributed by atoms with van der Waals surface area (Å²) >= 11 is 0. The first-order valence-corrected chi connectivity index (χ1v) is 11.4. The highest BCUT2D eigenvalue weighted by Gasteiger charge is 2.14. The van der Waals surface area contributed by atoms with E-state index in [2.05, 4.69) is 28.0 Å². The molecule has 2 aromatic heterocycles. The van der Waals surface area contributed by atoms with Crippen molar-refractivity contribution in [3.05, 3.63) is 114 Å². The zero-order valence-electron chi connectivity index (χ0n) is 20.1. The molecule has 2 aromatic carbocycles. The number of ether oxygens (including phenoxy) is 1. The van der Waals surface area contributed by atoms with E-state index in [1.54, 1.807) is 41.4 Å². The summed E-state index contributed by atoms with van der Waals surface area (Å²) in [4.78, 5) is 17.4.